The zero-order valence-electron chi connectivity index (χ0n) is 12.3. The van der Waals surface area contributed by atoms with Crippen LogP contribution in [0.4, 0.5) is 0 Å². The van der Waals surface area contributed by atoms with Crippen LogP contribution in [-0.4, -0.2) is 83.5 Å². The van der Waals surface area contributed by atoms with Crippen molar-refractivity contribution < 1.29 is 14.7 Å². The summed E-state index contributed by atoms with van der Waals surface area (Å²) in [6.45, 7) is 7.78. The summed E-state index contributed by atoms with van der Waals surface area (Å²) in [6, 6.07) is 0.520. The molecule has 0 aromatic rings. The van der Waals surface area contributed by atoms with Crippen LogP contribution >= 0.6 is 0 Å². The third-order valence-corrected chi connectivity index (χ3v) is 4.40. The van der Waals surface area contributed by atoms with Crippen LogP contribution in [0.3, 0.4) is 0 Å². The molecule has 2 rings (SSSR count). The van der Waals surface area contributed by atoms with Gasteiger partial charge in [0.1, 0.15) is 0 Å². The van der Waals surface area contributed by atoms with Crippen molar-refractivity contribution >= 4 is 11.9 Å². The first-order valence-electron chi connectivity index (χ1n) is 7.50. The maximum absolute atomic E-state index is 11.3. The number of rotatable bonds is 4. The van der Waals surface area contributed by atoms with Crippen LogP contribution in [0.2, 0.25) is 0 Å². The van der Waals surface area contributed by atoms with Crippen LogP contribution in [0.25, 0.3) is 0 Å². The highest BCUT2D eigenvalue weighted by molar-refractivity contribution is 5.73. The molecule has 6 nitrogen and oxygen atoms in total. The Hall–Kier alpha value is -1.14. The van der Waals surface area contributed by atoms with E-state index in [1.165, 1.54) is 6.42 Å². The number of carbonyl (C=O) groups excluding carboxylic acids is 1. The Morgan fingerprint density at radius 1 is 1.15 bits per heavy atom. The van der Waals surface area contributed by atoms with Gasteiger partial charge in [-0.3, -0.25) is 14.5 Å². The van der Waals surface area contributed by atoms with Crippen LogP contribution in [-0.2, 0) is 9.59 Å². The smallest absolute Gasteiger partial charge is 0.304 e. The molecule has 1 unspecified atom stereocenters. The molecule has 20 heavy (non-hydrogen) atoms. The van der Waals surface area contributed by atoms with Crippen molar-refractivity contribution in [1.82, 2.24) is 14.7 Å². The number of piperazine rings is 1. The SMILES string of the molecule is CC(=O)N1CCN(C2CCCN(CCC(=O)O)C2)CC1. The van der Waals surface area contributed by atoms with Gasteiger partial charge in [0, 0.05) is 52.2 Å². The van der Waals surface area contributed by atoms with Gasteiger partial charge in [0.05, 0.1) is 6.42 Å². The third-order valence-electron chi connectivity index (χ3n) is 4.40. The van der Waals surface area contributed by atoms with Crippen LogP contribution in [0.1, 0.15) is 26.2 Å². The van der Waals surface area contributed by atoms with Gasteiger partial charge in [-0.25, -0.2) is 0 Å². The fourth-order valence-corrected chi connectivity index (χ4v) is 3.19. The molecule has 2 aliphatic rings. The molecule has 2 aliphatic heterocycles. The van der Waals surface area contributed by atoms with E-state index in [1.807, 2.05) is 4.90 Å². The van der Waals surface area contributed by atoms with E-state index in [0.717, 1.165) is 45.7 Å². The molecule has 1 amide bonds. The second-order valence-electron chi connectivity index (χ2n) is 5.78. The number of carboxylic acid groups (broad SMARTS) is 1. The van der Waals surface area contributed by atoms with Crippen LogP contribution in [0.5, 0.6) is 0 Å². The van der Waals surface area contributed by atoms with Crippen LogP contribution in [0, 0.1) is 0 Å². The molecule has 1 atom stereocenters. The first-order chi connectivity index (χ1) is 9.56. The molecule has 2 fully saturated rings. The summed E-state index contributed by atoms with van der Waals surface area (Å²) in [6.07, 6.45) is 2.55. The Morgan fingerprint density at radius 3 is 2.45 bits per heavy atom. The number of nitrogens with zero attached hydrogens (tertiary/aromatic N) is 3. The maximum atomic E-state index is 11.3. The number of carbonyl (C=O) groups is 2. The Kier molecular flexibility index (Phi) is 5.37. The monoisotopic (exact) mass is 283 g/mol. The van der Waals surface area contributed by atoms with Gasteiger partial charge < -0.3 is 14.9 Å². The average molecular weight is 283 g/mol. The van der Waals surface area contributed by atoms with Crippen molar-refractivity contribution in [2.45, 2.75) is 32.2 Å². The normalized spacial score (nSPS) is 25.6. The molecular weight excluding hydrogens is 258 g/mol. The highest BCUT2D eigenvalue weighted by Crippen LogP contribution is 2.18. The lowest BCUT2D eigenvalue weighted by Gasteiger charge is -2.43. The largest absolute Gasteiger partial charge is 0.481 e. The summed E-state index contributed by atoms with van der Waals surface area (Å²) in [4.78, 5) is 28.6. The molecule has 2 saturated heterocycles. The molecule has 0 aromatic carbocycles. The van der Waals surface area contributed by atoms with E-state index in [1.54, 1.807) is 6.92 Å². The lowest BCUT2D eigenvalue weighted by atomic mass is 10.0. The van der Waals surface area contributed by atoms with Gasteiger partial charge in [-0.05, 0) is 19.4 Å². The fraction of sp³-hybridized carbons (Fsp3) is 0.857. The third kappa shape index (κ3) is 4.18. The number of likely N-dealkylation sites (tertiary alicyclic amines) is 1. The predicted octanol–water partition coefficient (Wildman–Crippen LogP) is 0.0896. The zero-order chi connectivity index (χ0) is 14.5. The molecule has 0 saturated carbocycles. The zero-order valence-corrected chi connectivity index (χ0v) is 12.3. The van der Waals surface area contributed by atoms with E-state index in [9.17, 15) is 9.59 Å². The van der Waals surface area contributed by atoms with E-state index in [2.05, 4.69) is 9.80 Å². The number of hydrogen-bond acceptors (Lipinski definition) is 4. The summed E-state index contributed by atoms with van der Waals surface area (Å²) < 4.78 is 0. The topological polar surface area (TPSA) is 64.1 Å². The van der Waals surface area contributed by atoms with Crippen molar-refractivity contribution in [3.8, 4) is 0 Å². The van der Waals surface area contributed by atoms with Gasteiger partial charge in [-0.2, -0.15) is 0 Å². The lowest BCUT2D eigenvalue weighted by molar-refractivity contribution is -0.137. The van der Waals surface area contributed by atoms with Crippen molar-refractivity contribution in [1.29, 1.82) is 0 Å². The molecule has 0 spiro atoms. The summed E-state index contributed by atoms with van der Waals surface area (Å²) in [7, 11) is 0. The molecule has 0 bridgehead atoms. The van der Waals surface area contributed by atoms with Gasteiger partial charge in [0.2, 0.25) is 5.91 Å². The minimum absolute atomic E-state index is 0.163. The van der Waals surface area contributed by atoms with Crippen LogP contribution < -0.4 is 0 Å². The first-order valence-corrected chi connectivity index (χ1v) is 7.50. The van der Waals surface area contributed by atoms with E-state index in [4.69, 9.17) is 5.11 Å². The molecule has 2 heterocycles. The van der Waals surface area contributed by atoms with E-state index in [-0.39, 0.29) is 12.3 Å². The van der Waals surface area contributed by atoms with Crippen molar-refractivity contribution in [3.05, 3.63) is 0 Å². The van der Waals surface area contributed by atoms with Gasteiger partial charge >= 0.3 is 5.97 Å². The summed E-state index contributed by atoms with van der Waals surface area (Å²) in [5.41, 5.74) is 0. The Labute approximate surface area is 120 Å². The van der Waals surface area contributed by atoms with Crippen molar-refractivity contribution in [2.75, 3.05) is 45.8 Å². The quantitative estimate of drug-likeness (QED) is 0.792. The summed E-state index contributed by atoms with van der Waals surface area (Å²) in [5.74, 6) is -0.557. The highest BCUT2D eigenvalue weighted by atomic mass is 16.4. The summed E-state index contributed by atoms with van der Waals surface area (Å²) >= 11 is 0. The number of piperidine rings is 1. The second-order valence-corrected chi connectivity index (χ2v) is 5.78. The fourth-order valence-electron chi connectivity index (χ4n) is 3.19. The van der Waals surface area contributed by atoms with E-state index in [0.29, 0.717) is 12.6 Å². The second kappa shape index (κ2) is 7.04. The molecule has 6 heteroatoms. The first kappa shape index (κ1) is 15.3. The molecule has 1 N–H and O–H groups in total. The van der Waals surface area contributed by atoms with Crippen LogP contribution in [0.15, 0.2) is 0 Å². The average Bonchev–Trinajstić information content (AvgIpc) is 2.45. The number of amides is 1. The Balaban J connectivity index is 1.78. The lowest BCUT2D eigenvalue weighted by Crippen LogP contribution is -2.55. The van der Waals surface area contributed by atoms with Gasteiger partial charge in [-0.1, -0.05) is 0 Å². The van der Waals surface area contributed by atoms with E-state index >= 15 is 0 Å². The number of aliphatic carboxylic acids is 1. The van der Waals surface area contributed by atoms with E-state index < -0.39 is 5.97 Å². The predicted molar refractivity (Wildman–Crippen MR) is 75.5 cm³/mol. The van der Waals surface area contributed by atoms with Crippen molar-refractivity contribution in [3.63, 3.8) is 0 Å². The van der Waals surface area contributed by atoms with Gasteiger partial charge in [-0.15, -0.1) is 0 Å². The molecule has 114 valence electrons. The molecule has 0 aliphatic carbocycles. The minimum atomic E-state index is -0.720. The molecule has 0 radical (unpaired) electrons. The highest BCUT2D eigenvalue weighted by Gasteiger charge is 2.28. The van der Waals surface area contributed by atoms with Crippen molar-refractivity contribution in [2.24, 2.45) is 0 Å². The maximum Gasteiger partial charge on any atom is 0.304 e. The Morgan fingerprint density at radius 2 is 1.85 bits per heavy atom. The van der Waals surface area contributed by atoms with Gasteiger partial charge in [0.15, 0.2) is 0 Å². The molecular formula is C14H25N3O3. The number of hydrogen-bond donors (Lipinski definition) is 1. The summed E-state index contributed by atoms with van der Waals surface area (Å²) in [5, 5.41) is 8.77. The standard InChI is InChI=1S/C14H25N3O3/c1-12(18)16-7-9-17(10-8-16)13-3-2-5-15(11-13)6-4-14(19)20/h13H,2-11H2,1H3,(H,19,20). The minimum Gasteiger partial charge on any atom is -0.481 e. The Bertz CT molecular complexity index is 354. The van der Waals surface area contributed by atoms with Gasteiger partial charge in [0.25, 0.3) is 0 Å². The number of carboxylic acids is 1. The molecule has 0 aromatic heterocycles.